The number of carbonyl (C=O) groups excluding carboxylic acids is 2. The zero-order chi connectivity index (χ0) is 24.1. The van der Waals surface area contributed by atoms with Gasteiger partial charge in [0.1, 0.15) is 5.75 Å². The van der Waals surface area contributed by atoms with E-state index < -0.39 is 0 Å². The summed E-state index contributed by atoms with van der Waals surface area (Å²) in [5.74, 6) is 0.717. The van der Waals surface area contributed by atoms with Gasteiger partial charge >= 0.3 is 0 Å². The van der Waals surface area contributed by atoms with E-state index in [2.05, 4.69) is 10.3 Å². The Morgan fingerprint density at radius 3 is 2.56 bits per heavy atom. The highest BCUT2D eigenvalue weighted by atomic mass is 16.5. The summed E-state index contributed by atoms with van der Waals surface area (Å²) in [6.45, 7) is 5.61. The molecule has 2 aromatic carbocycles. The summed E-state index contributed by atoms with van der Waals surface area (Å²) in [7, 11) is 1.62. The van der Waals surface area contributed by atoms with Gasteiger partial charge in [0.2, 0.25) is 5.91 Å². The molecule has 0 bridgehead atoms. The lowest BCUT2D eigenvalue weighted by atomic mass is 10.00. The fourth-order valence-corrected chi connectivity index (χ4v) is 4.22. The summed E-state index contributed by atoms with van der Waals surface area (Å²) in [6, 6.07) is 19.0. The van der Waals surface area contributed by atoms with E-state index in [9.17, 15) is 9.59 Å². The van der Waals surface area contributed by atoms with Gasteiger partial charge in [-0.25, -0.2) is 0 Å². The first-order valence-electron chi connectivity index (χ1n) is 11.4. The minimum atomic E-state index is -0.234. The molecule has 1 N–H and O–H groups in total. The number of piperazine rings is 1. The maximum atomic E-state index is 13.7. The number of carbonyl (C=O) groups is 2. The van der Waals surface area contributed by atoms with E-state index in [0.29, 0.717) is 31.7 Å². The number of rotatable bonds is 6. The van der Waals surface area contributed by atoms with Gasteiger partial charge in [0.15, 0.2) is 0 Å². The number of nitrogens with one attached hydrogen (secondary N) is 1. The fourth-order valence-electron chi connectivity index (χ4n) is 4.22. The van der Waals surface area contributed by atoms with Gasteiger partial charge in [-0.05, 0) is 54.4 Å². The number of hydrogen-bond donors (Lipinski definition) is 1. The molecule has 1 unspecified atom stereocenters. The Kier molecular flexibility index (Phi) is 7.11. The Hall–Kier alpha value is -3.87. The molecule has 7 heteroatoms. The van der Waals surface area contributed by atoms with E-state index in [1.54, 1.807) is 25.1 Å². The smallest absolute Gasteiger partial charge is 0.254 e. The molecule has 0 saturated carbocycles. The lowest BCUT2D eigenvalue weighted by Gasteiger charge is -2.41. The van der Waals surface area contributed by atoms with Gasteiger partial charge in [-0.2, -0.15) is 0 Å². The quantitative estimate of drug-likeness (QED) is 0.603. The third-order valence-corrected chi connectivity index (χ3v) is 6.26. The van der Waals surface area contributed by atoms with Gasteiger partial charge in [0, 0.05) is 44.0 Å². The van der Waals surface area contributed by atoms with Gasteiger partial charge in [-0.3, -0.25) is 14.6 Å². The molecule has 0 aliphatic carbocycles. The van der Waals surface area contributed by atoms with Crippen molar-refractivity contribution in [2.45, 2.75) is 26.4 Å². The minimum absolute atomic E-state index is 0.0157. The van der Waals surface area contributed by atoms with Gasteiger partial charge < -0.3 is 19.9 Å². The summed E-state index contributed by atoms with van der Waals surface area (Å²) in [4.78, 5) is 33.8. The number of nitrogens with zero attached hydrogens (tertiary/aromatic N) is 3. The van der Waals surface area contributed by atoms with Crippen molar-refractivity contribution >= 4 is 17.5 Å². The number of aromatic nitrogens is 1. The van der Waals surface area contributed by atoms with Crippen LogP contribution in [0.25, 0.3) is 0 Å². The van der Waals surface area contributed by atoms with Crippen LogP contribution in [0.4, 0.5) is 5.69 Å². The van der Waals surface area contributed by atoms with Crippen molar-refractivity contribution in [1.82, 2.24) is 14.8 Å². The predicted octanol–water partition coefficient (Wildman–Crippen LogP) is 4.06. The standard InChI is InChI=1S/C27H30N4O3/c1-19-7-8-22(16-25(19)29-17-23-6-4-5-13-28-23)27(33)31-15-14-30(20(2)32)18-26(31)21-9-11-24(34-3)12-10-21/h4-13,16,26,29H,14-15,17-18H2,1-3H3. The Morgan fingerprint density at radius 2 is 1.88 bits per heavy atom. The molecule has 1 aromatic heterocycles. The monoisotopic (exact) mass is 458 g/mol. The van der Waals surface area contributed by atoms with Crippen molar-refractivity contribution in [3.63, 3.8) is 0 Å². The van der Waals surface area contributed by atoms with Crippen LogP contribution < -0.4 is 10.1 Å². The molecule has 1 fully saturated rings. The van der Waals surface area contributed by atoms with Crippen LogP contribution in [0.15, 0.2) is 66.9 Å². The molecule has 3 aromatic rings. The molecule has 1 aliphatic heterocycles. The third kappa shape index (κ3) is 5.20. The average molecular weight is 459 g/mol. The van der Waals surface area contributed by atoms with Gasteiger partial charge in [-0.1, -0.05) is 24.3 Å². The molecule has 2 heterocycles. The number of benzene rings is 2. The lowest BCUT2D eigenvalue weighted by molar-refractivity contribution is -0.131. The highest BCUT2D eigenvalue weighted by molar-refractivity contribution is 5.96. The zero-order valence-electron chi connectivity index (χ0n) is 19.8. The molecule has 7 nitrogen and oxygen atoms in total. The fraction of sp³-hybridized carbons (Fsp3) is 0.296. The lowest BCUT2D eigenvalue weighted by Crippen LogP contribution is -2.51. The largest absolute Gasteiger partial charge is 0.497 e. The minimum Gasteiger partial charge on any atom is -0.497 e. The van der Waals surface area contributed by atoms with Crippen molar-refractivity contribution < 1.29 is 14.3 Å². The molecule has 34 heavy (non-hydrogen) atoms. The number of aryl methyl sites for hydroxylation is 1. The van der Waals surface area contributed by atoms with Crippen molar-refractivity contribution in [1.29, 1.82) is 0 Å². The molecular weight excluding hydrogens is 428 g/mol. The van der Waals surface area contributed by atoms with Crippen LogP contribution >= 0.6 is 0 Å². The van der Waals surface area contributed by atoms with Crippen LogP contribution in [0, 0.1) is 6.92 Å². The Bertz CT molecular complexity index is 1150. The highest BCUT2D eigenvalue weighted by Crippen LogP contribution is 2.29. The number of hydrogen-bond acceptors (Lipinski definition) is 5. The van der Waals surface area contributed by atoms with Crippen LogP contribution in [-0.4, -0.2) is 53.3 Å². The second-order valence-corrected chi connectivity index (χ2v) is 8.46. The Balaban J connectivity index is 1.58. The van der Waals surface area contributed by atoms with Crippen LogP contribution in [-0.2, 0) is 11.3 Å². The molecule has 176 valence electrons. The van der Waals surface area contributed by atoms with E-state index in [1.165, 1.54) is 0 Å². The number of ether oxygens (including phenoxy) is 1. The number of amides is 2. The van der Waals surface area contributed by atoms with Crippen LogP contribution in [0.1, 0.15) is 40.1 Å². The van der Waals surface area contributed by atoms with E-state index >= 15 is 0 Å². The van der Waals surface area contributed by atoms with Crippen molar-refractivity contribution in [3.05, 3.63) is 89.2 Å². The number of pyridine rings is 1. The first kappa shape index (κ1) is 23.3. The van der Waals surface area contributed by atoms with Crippen LogP contribution in [0.2, 0.25) is 0 Å². The maximum absolute atomic E-state index is 13.7. The summed E-state index contributed by atoms with van der Waals surface area (Å²) >= 11 is 0. The molecule has 0 spiro atoms. The van der Waals surface area contributed by atoms with E-state index in [-0.39, 0.29) is 17.9 Å². The van der Waals surface area contributed by atoms with Crippen LogP contribution in [0.3, 0.4) is 0 Å². The average Bonchev–Trinajstić information content (AvgIpc) is 2.88. The van der Waals surface area contributed by atoms with Gasteiger partial charge in [0.05, 0.1) is 25.4 Å². The maximum Gasteiger partial charge on any atom is 0.254 e. The first-order valence-corrected chi connectivity index (χ1v) is 11.4. The second-order valence-electron chi connectivity index (χ2n) is 8.46. The molecule has 1 aliphatic rings. The molecular formula is C27H30N4O3. The summed E-state index contributed by atoms with van der Waals surface area (Å²) < 4.78 is 5.28. The molecule has 2 amide bonds. The Morgan fingerprint density at radius 1 is 1.09 bits per heavy atom. The number of anilines is 1. The molecule has 4 rings (SSSR count). The van der Waals surface area contributed by atoms with Crippen molar-refractivity contribution in [3.8, 4) is 5.75 Å². The summed E-state index contributed by atoms with van der Waals surface area (Å²) in [5.41, 5.74) is 4.48. The third-order valence-electron chi connectivity index (χ3n) is 6.26. The summed E-state index contributed by atoms with van der Waals surface area (Å²) in [5, 5.41) is 3.40. The predicted molar refractivity (Wildman–Crippen MR) is 132 cm³/mol. The second kappa shape index (κ2) is 10.4. The topological polar surface area (TPSA) is 74.8 Å². The van der Waals surface area contributed by atoms with Crippen LogP contribution in [0.5, 0.6) is 5.75 Å². The van der Waals surface area contributed by atoms with Crippen molar-refractivity contribution in [2.75, 3.05) is 32.1 Å². The molecule has 0 radical (unpaired) electrons. The van der Waals surface area contributed by atoms with E-state index in [4.69, 9.17) is 4.74 Å². The first-order chi connectivity index (χ1) is 16.5. The highest BCUT2D eigenvalue weighted by Gasteiger charge is 2.33. The molecule has 1 saturated heterocycles. The number of methoxy groups -OCH3 is 1. The van der Waals surface area contributed by atoms with E-state index in [0.717, 1.165) is 28.3 Å². The Labute approximate surface area is 200 Å². The van der Waals surface area contributed by atoms with E-state index in [1.807, 2.05) is 72.5 Å². The summed E-state index contributed by atoms with van der Waals surface area (Å²) in [6.07, 6.45) is 1.77. The van der Waals surface area contributed by atoms with Gasteiger partial charge in [-0.15, -0.1) is 0 Å². The molecule has 1 atom stereocenters. The van der Waals surface area contributed by atoms with Crippen molar-refractivity contribution in [2.24, 2.45) is 0 Å². The van der Waals surface area contributed by atoms with Gasteiger partial charge in [0.25, 0.3) is 5.91 Å². The zero-order valence-corrected chi connectivity index (χ0v) is 19.8. The normalized spacial score (nSPS) is 15.7. The SMILES string of the molecule is COc1ccc(C2CN(C(C)=O)CCN2C(=O)c2ccc(C)c(NCc3ccccn3)c2)cc1.